The number of piperidine rings is 1. The molecule has 1 heterocycles. The summed E-state index contributed by atoms with van der Waals surface area (Å²) in [6.45, 7) is 0.835. The van der Waals surface area contributed by atoms with E-state index in [9.17, 15) is 9.59 Å². The Hall–Kier alpha value is -2.30. The Labute approximate surface area is 167 Å². The van der Waals surface area contributed by atoms with Crippen molar-refractivity contribution in [3.63, 3.8) is 0 Å². The van der Waals surface area contributed by atoms with Crippen LogP contribution in [0.15, 0.2) is 36.4 Å². The number of amides is 2. The number of hydrogen-bond acceptors (Lipinski definition) is 3. The van der Waals surface area contributed by atoms with Crippen LogP contribution in [0.2, 0.25) is 0 Å². The fourth-order valence-electron chi connectivity index (χ4n) is 5.12. The van der Waals surface area contributed by atoms with Gasteiger partial charge < -0.3 is 15.0 Å². The van der Waals surface area contributed by atoms with Crippen LogP contribution in [0.4, 0.5) is 5.69 Å². The maximum atomic E-state index is 13.4. The largest absolute Gasteiger partial charge is 0.497 e. The number of rotatable bonds is 4. The molecule has 2 aliphatic carbocycles. The predicted octanol–water partition coefficient (Wildman–Crippen LogP) is 4.01. The monoisotopic (exact) mass is 382 g/mol. The molecule has 3 atom stereocenters. The van der Waals surface area contributed by atoms with Gasteiger partial charge in [0.2, 0.25) is 11.8 Å². The van der Waals surface area contributed by atoms with Crippen LogP contribution in [0.3, 0.4) is 0 Å². The highest BCUT2D eigenvalue weighted by molar-refractivity contribution is 5.97. The summed E-state index contributed by atoms with van der Waals surface area (Å²) in [6, 6.07) is 7.71. The van der Waals surface area contributed by atoms with Crippen molar-refractivity contribution in [1.82, 2.24) is 4.90 Å². The average Bonchev–Trinajstić information content (AvgIpc) is 2.75. The summed E-state index contributed by atoms with van der Waals surface area (Å²) in [4.78, 5) is 28.6. The van der Waals surface area contributed by atoms with Gasteiger partial charge in [-0.2, -0.15) is 0 Å². The second-order valence-electron chi connectivity index (χ2n) is 8.29. The number of allylic oxidation sites excluding steroid dienone is 2. The summed E-state index contributed by atoms with van der Waals surface area (Å²) in [5, 5.41) is 3.01. The van der Waals surface area contributed by atoms with Crippen molar-refractivity contribution >= 4 is 17.5 Å². The van der Waals surface area contributed by atoms with E-state index in [0.717, 1.165) is 37.2 Å². The quantitative estimate of drug-likeness (QED) is 0.801. The Bertz CT molecular complexity index is 737. The van der Waals surface area contributed by atoms with Crippen molar-refractivity contribution in [2.75, 3.05) is 19.0 Å². The lowest BCUT2D eigenvalue weighted by molar-refractivity contribution is -0.149. The van der Waals surface area contributed by atoms with Gasteiger partial charge in [0, 0.05) is 18.3 Å². The normalized spacial score (nSPS) is 28.0. The van der Waals surface area contributed by atoms with Gasteiger partial charge in [-0.25, -0.2) is 0 Å². The molecule has 1 saturated heterocycles. The van der Waals surface area contributed by atoms with Crippen molar-refractivity contribution in [3.05, 3.63) is 36.4 Å². The fraction of sp³-hybridized carbons (Fsp3) is 0.565. The number of anilines is 1. The molecule has 4 rings (SSSR count). The van der Waals surface area contributed by atoms with Crippen LogP contribution >= 0.6 is 0 Å². The Kier molecular flexibility index (Phi) is 5.69. The van der Waals surface area contributed by atoms with Crippen molar-refractivity contribution in [3.8, 4) is 5.75 Å². The van der Waals surface area contributed by atoms with Crippen LogP contribution in [0.5, 0.6) is 5.75 Å². The molecular weight excluding hydrogens is 352 g/mol. The third-order valence-electron chi connectivity index (χ3n) is 6.65. The molecule has 5 heteroatoms. The van der Waals surface area contributed by atoms with Gasteiger partial charge in [-0.15, -0.1) is 0 Å². The number of ether oxygens (including phenoxy) is 1. The van der Waals surface area contributed by atoms with Crippen LogP contribution in [-0.4, -0.2) is 36.4 Å². The predicted molar refractivity (Wildman–Crippen MR) is 109 cm³/mol. The number of fused-ring (bicyclic) bond motifs is 1. The van der Waals surface area contributed by atoms with Crippen LogP contribution in [0.1, 0.15) is 44.9 Å². The molecular formula is C23H30N2O3. The molecule has 0 unspecified atom stereocenters. The first-order valence-corrected chi connectivity index (χ1v) is 10.6. The van der Waals surface area contributed by atoms with Crippen LogP contribution < -0.4 is 10.1 Å². The minimum atomic E-state index is -0.295. The molecule has 1 aromatic rings. The van der Waals surface area contributed by atoms with E-state index >= 15 is 0 Å². The third kappa shape index (κ3) is 3.80. The fourth-order valence-corrected chi connectivity index (χ4v) is 5.12. The van der Waals surface area contributed by atoms with Crippen molar-refractivity contribution in [1.29, 1.82) is 0 Å². The standard InChI is InChI=1S/C23H30N2O3/c1-28-19-12-10-17(11-13-19)24-22(26)20-9-5-6-16-14-15-25(23(27)21(16)20)18-7-3-2-4-8-18/h5-6,10-13,16,18,20-21H,2-4,7-9,14-15H2,1H3,(H,24,26)/t16-,20-,21+/m1/s1. The molecule has 150 valence electrons. The van der Waals surface area contributed by atoms with E-state index in [0.29, 0.717) is 12.5 Å². The number of methoxy groups -OCH3 is 1. The third-order valence-corrected chi connectivity index (χ3v) is 6.65. The Balaban J connectivity index is 1.49. The SMILES string of the molecule is COc1ccc(NC(=O)[C@@H]2CC=C[C@@H]3CCN(C4CCCCC4)C(=O)[C@@H]32)cc1. The van der Waals surface area contributed by atoms with Gasteiger partial charge in [-0.1, -0.05) is 31.4 Å². The molecule has 28 heavy (non-hydrogen) atoms. The van der Waals surface area contributed by atoms with E-state index in [4.69, 9.17) is 4.74 Å². The van der Waals surface area contributed by atoms with Crippen molar-refractivity contribution in [2.24, 2.45) is 17.8 Å². The maximum Gasteiger partial charge on any atom is 0.228 e. The molecule has 3 aliphatic rings. The van der Waals surface area contributed by atoms with Crippen LogP contribution in [-0.2, 0) is 9.59 Å². The van der Waals surface area contributed by atoms with Gasteiger partial charge in [-0.05, 0) is 55.9 Å². The summed E-state index contributed by atoms with van der Waals surface area (Å²) in [5.41, 5.74) is 0.740. The molecule has 1 N–H and O–H groups in total. The topological polar surface area (TPSA) is 58.6 Å². The highest BCUT2D eigenvalue weighted by Crippen LogP contribution is 2.40. The van der Waals surface area contributed by atoms with E-state index in [1.807, 2.05) is 24.3 Å². The van der Waals surface area contributed by atoms with Gasteiger partial charge in [0.25, 0.3) is 0 Å². The minimum absolute atomic E-state index is 0.0524. The zero-order chi connectivity index (χ0) is 19.5. The second-order valence-corrected chi connectivity index (χ2v) is 8.29. The number of likely N-dealkylation sites (tertiary alicyclic amines) is 1. The van der Waals surface area contributed by atoms with Gasteiger partial charge >= 0.3 is 0 Å². The lowest BCUT2D eigenvalue weighted by Crippen LogP contribution is -2.54. The van der Waals surface area contributed by atoms with E-state index in [2.05, 4.69) is 22.4 Å². The Morgan fingerprint density at radius 2 is 1.86 bits per heavy atom. The summed E-state index contributed by atoms with van der Waals surface area (Å²) < 4.78 is 5.17. The van der Waals surface area contributed by atoms with Gasteiger partial charge in [0.05, 0.1) is 18.9 Å². The average molecular weight is 383 g/mol. The molecule has 5 nitrogen and oxygen atoms in total. The zero-order valence-electron chi connectivity index (χ0n) is 16.6. The number of hydrogen-bond donors (Lipinski definition) is 1. The van der Waals surface area contributed by atoms with E-state index in [-0.39, 0.29) is 29.6 Å². The molecule has 0 radical (unpaired) electrons. The number of carbonyl (C=O) groups excluding carboxylic acids is 2. The molecule has 0 aromatic heterocycles. The van der Waals surface area contributed by atoms with E-state index in [1.54, 1.807) is 7.11 Å². The first kappa shape index (κ1) is 19.0. The van der Waals surface area contributed by atoms with E-state index in [1.165, 1.54) is 19.3 Å². The van der Waals surface area contributed by atoms with Crippen molar-refractivity contribution in [2.45, 2.75) is 51.0 Å². The number of benzene rings is 1. The van der Waals surface area contributed by atoms with Crippen LogP contribution in [0.25, 0.3) is 0 Å². The van der Waals surface area contributed by atoms with Gasteiger partial charge in [-0.3, -0.25) is 9.59 Å². The molecule has 0 spiro atoms. The van der Waals surface area contributed by atoms with Crippen LogP contribution in [0, 0.1) is 17.8 Å². The lowest BCUT2D eigenvalue weighted by atomic mass is 9.70. The highest BCUT2D eigenvalue weighted by atomic mass is 16.5. The molecule has 2 fully saturated rings. The zero-order valence-corrected chi connectivity index (χ0v) is 16.6. The second kappa shape index (κ2) is 8.38. The Morgan fingerprint density at radius 3 is 2.57 bits per heavy atom. The summed E-state index contributed by atoms with van der Waals surface area (Å²) in [7, 11) is 1.62. The lowest BCUT2D eigenvalue weighted by Gasteiger charge is -2.45. The first-order valence-electron chi connectivity index (χ1n) is 10.6. The number of nitrogens with zero attached hydrogens (tertiary/aromatic N) is 1. The summed E-state index contributed by atoms with van der Waals surface area (Å²) in [5.74, 6) is 0.567. The van der Waals surface area contributed by atoms with Gasteiger partial charge in [0.15, 0.2) is 0 Å². The Morgan fingerprint density at radius 1 is 1.11 bits per heavy atom. The maximum absolute atomic E-state index is 13.4. The van der Waals surface area contributed by atoms with E-state index < -0.39 is 0 Å². The molecule has 2 amide bonds. The van der Waals surface area contributed by atoms with Crippen molar-refractivity contribution < 1.29 is 14.3 Å². The first-order chi connectivity index (χ1) is 13.7. The smallest absolute Gasteiger partial charge is 0.228 e. The molecule has 1 aromatic carbocycles. The number of nitrogens with one attached hydrogen (secondary N) is 1. The molecule has 1 aliphatic heterocycles. The highest BCUT2D eigenvalue weighted by Gasteiger charge is 2.46. The summed E-state index contributed by atoms with van der Waals surface area (Å²) >= 11 is 0. The molecule has 0 bridgehead atoms. The number of carbonyl (C=O) groups is 2. The molecule has 1 saturated carbocycles. The summed E-state index contributed by atoms with van der Waals surface area (Å²) in [6.07, 6.45) is 11.8. The minimum Gasteiger partial charge on any atom is -0.497 e. The van der Waals surface area contributed by atoms with Gasteiger partial charge in [0.1, 0.15) is 5.75 Å².